The van der Waals surface area contributed by atoms with E-state index in [2.05, 4.69) is 15.2 Å². The van der Waals surface area contributed by atoms with E-state index in [-0.39, 0.29) is 11.6 Å². The Morgan fingerprint density at radius 3 is 3.12 bits per heavy atom. The molecule has 1 unspecified atom stereocenters. The van der Waals surface area contributed by atoms with Gasteiger partial charge in [-0.25, -0.2) is 4.98 Å². The Hall–Kier alpha value is -1.49. The van der Waals surface area contributed by atoms with E-state index in [1.165, 1.54) is 18.2 Å². The van der Waals surface area contributed by atoms with Gasteiger partial charge >= 0.3 is 0 Å². The van der Waals surface area contributed by atoms with Gasteiger partial charge in [0.05, 0.1) is 0 Å². The van der Waals surface area contributed by atoms with Crippen LogP contribution in [0.25, 0.3) is 0 Å². The maximum absolute atomic E-state index is 12.8. The Kier molecular flexibility index (Phi) is 3.68. The Bertz CT molecular complexity index is 410. The maximum Gasteiger partial charge on any atom is 0.270 e. The van der Waals surface area contributed by atoms with E-state index < -0.39 is 5.95 Å². The van der Waals surface area contributed by atoms with Gasteiger partial charge in [0, 0.05) is 12.6 Å². The number of hydrogen-bond donors (Lipinski definition) is 1. The summed E-state index contributed by atoms with van der Waals surface area (Å²) in [6.07, 6.45) is 2.25. The van der Waals surface area contributed by atoms with Gasteiger partial charge in [-0.1, -0.05) is 6.07 Å². The minimum absolute atomic E-state index is 0.130. The van der Waals surface area contributed by atoms with Crippen molar-refractivity contribution >= 4 is 5.91 Å². The highest BCUT2D eigenvalue weighted by molar-refractivity contribution is 5.92. The molecular formula is C12H16FN3O. The van der Waals surface area contributed by atoms with Crippen LogP contribution in [0, 0.1) is 5.95 Å². The van der Waals surface area contributed by atoms with Crippen LogP contribution < -0.4 is 5.32 Å². The largest absolute Gasteiger partial charge is 0.349 e. The number of carbonyl (C=O) groups excluding carboxylic acids is 1. The molecule has 92 valence electrons. The third kappa shape index (κ3) is 3.00. The van der Waals surface area contributed by atoms with Crippen molar-refractivity contribution in [3.63, 3.8) is 0 Å². The summed E-state index contributed by atoms with van der Waals surface area (Å²) in [6.45, 7) is 1.66. The molecule has 1 aromatic heterocycles. The Morgan fingerprint density at radius 1 is 1.65 bits per heavy atom. The molecule has 0 aromatic carbocycles. The first kappa shape index (κ1) is 12.0. The van der Waals surface area contributed by atoms with Gasteiger partial charge in [-0.15, -0.1) is 0 Å². The zero-order valence-corrected chi connectivity index (χ0v) is 9.82. The number of halogens is 1. The monoisotopic (exact) mass is 237 g/mol. The summed E-state index contributed by atoms with van der Waals surface area (Å²) in [6, 6.07) is 4.60. The molecule has 1 saturated heterocycles. The minimum Gasteiger partial charge on any atom is -0.349 e. The molecule has 2 heterocycles. The number of amides is 1. The molecular weight excluding hydrogens is 221 g/mol. The topological polar surface area (TPSA) is 45.2 Å². The molecule has 1 aromatic rings. The van der Waals surface area contributed by atoms with Crippen molar-refractivity contribution in [1.82, 2.24) is 15.2 Å². The molecule has 1 aliphatic rings. The smallest absolute Gasteiger partial charge is 0.270 e. The molecule has 0 bridgehead atoms. The van der Waals surface area contributed by atoms with Crippen molar-refractivity contribution in [2.75, 3.05) is 20.1 Å². The average molecular weight is 237 g/mol. The molecule has 1 atom stereocenters. The van der Waals surface area contributed by atoms with Crippen molar-refractivity contribution in [3.05, 3.63) is 29.8 Å². The van der Waals surface area contributed by atoms with Crippen LogP contribution in [0.4, 0.5) is 4.39 Å². The molecule has 0 radical (unpaired) electrons. The minimum atomic E-state index is -0.629. The highest BCUT2D eigenvalue weighted by Gasteiger charge is 2.21. The molecule has 0 spiro atoms. The molecule has 2 rings (SSSR count). The third-order valence-corrected chi connectivity index (χ3v) is 3.12. The zero-order valence-electron chi connectivity index (χ0n) is 9.82. The van der Waals surface area contributed by atoms with Crippen molar-refractivity contribution < 1.29 is 9.18 Å². The first-order valence-electron chi connectivity index (χ1n) is 5.78. The number of pyridine rings is 1. The van der Waals surface area contributed by atoms with Crippen molar-refractivity contribution in [2.45, 2.75) is 18.9 Å². The quantitative estimate of drug-likeness (QED) is 0.799. The summed E-state index contributed by atoms with van der Waals surface area (Å²) in [4.78, 5) is 17.5. The van der Waals surface area contributed by atoms with Crippen LogP contribution in [-0.4, -0.2) is 42.0 Å². The van der Waals surface area contributed by atoms with Crippen LogP contribution in [-0.2, 0) is 0 Å². The number of likely N-dealkylation sites (tertiary alicyclic amines) is 1. The number of nitrogens with zero attached hydrogens (tertiary/aromatic N) is 2. The summed E-state index contributed by atoms with van der Waals surface area (Å²) in [5.41, 5.74) is 0.130. The van der Waals surface area contributed by atoms with Gasteiger partial charge in [-0.2, -0.15) is 4.39 Å². The Labute approximate surface area is 99.8 Å². The summed E-state index contributed by atoms with van der Waals surface area (Å²) >= 11 is 0. The van der Waals surface area contributed by atoms with Crippen LogP contribution in [0.1, 0.15) is 23.3 Å². The van der Waals surface area contributed by atoms with E-state index in [0.717, 1.165) is 19.4 Å². The Morgan fingerprint density at radius 2 is 2.47 bits per heavy atom. The van der Waals surface area contributed by atoms with E-state index in [9.17, 15) is 9.18 Å². The number of likely N-dealkylation sites (N-methyl/N-ethyl adjacent to an activating group) is 1. The standard InChI is InChI=1S/C12H16FN3O/c1-16-7-3-4-9(16)8-14-12(17)10-5-2-6-11(13)15-10/h2,5-6,9H,3-4,7-8H2,1H3,(H,14,17). The fourth-order valence-electron chi connectivity index (χ4n) is 2.07. The van der Waals surface area contributed by atoms with Gasteiger partial charge in [0.1, 0.15) is 5.69 Å². The second kappa shape index (κ2) is 5.23. The highest BCUT2D eigenvalue weighted by Crippen LogP contribution is 2.13. The van der Waals surface area contributed by atoms with Crippen molar-refractivity contribution in [3.8, 4) is 0 Å². The van der Waals surface area contributed by atoms with Crippen LogP contribution in [0.15, 0.2) is 18.2 Å². The summed E-state index contributed by atoms with van der Waals surface area (Å²) < 4.78 is 12.8. The van der Waals surface area contributed by atoms with Crippen molar-refractivity contribution in [1.29, 1.82) is 0 Å². The van der Waals surface area contributed by atoms with Crippen LogP contribution in [0.3, 0.4) is 0 Å². The number of hydrogen-bond acceptors (Lipinski definition) is 3. The molecule has 0 aliphatic carbocycles. The predicted octanol–water partition coefficient (Wildman–Crippen LogP) is 1.04. The van der Waals surface area contributed by atoms with Gasteiger partial charge in [-0.3, -0.25) is 4.79 Å². The molecule has 1 aliphatic heterocycles. The van der Waals surface area contributed by atoms with Crippen LogP contribution >= 0.6 is 0 Å². The highest BCUT2D eigenvalue weighted by atomic mass is 19.1. The number of aromatic nitrogens is 1. The van der Waals surface area contributed by atoms with Crippen LogP contribution in [0.2, 0.25) is 0 Å². The van der Waals surface area contributed by atoms with Gasteiger partial charge in [0.15, 0.2) is 0 Å². The fourth-order valence-corrected chi connectivity index (χ4v) is 2.07. The van der Waals surface area contributed by atoms with E-state index in [0.29, 0.717) is 12.6 Å². The number of nitrogens with one attached hydrogen (secondary N) is 1. The lowest BCUT2D eigenvalue weighted by atomic mass is 10.2. The van der Waals surface area contributed by atoms with Gasteiger partial charge < -0.3 is 10.2 Å². The van der Waals surface area contributed by atoms with Crippen LogP contribution in [0.5, 0.6) is 0 Å². The lowest BCUT2D eigenvalue weighted by Crippen LogP contribution is -2.38. The third-order valence-electron chi connectivity index (χ3n) is 3.12. The molecule has 17 heavy (non-hydrogen) atoms. The molecule has 1 amide bonds. The van der Waals surface area contributed by atoms with Crippen molar-refractivity contribution in [2.24, 2.45) is 0 Å². The summed E-state index contributed by atoms with van der Waals surface area (Å²) in [5.74, 6) is -0.944. The van der Waals surface area contributed by atoms with Gasteiger partial charge in [0.2, 0.25) is 5.95 Å². The summed E-state index contributed by atoms with van der Waals surface area (Å²) in [7, 11) is 2.05. The van der Waals surface area contributed by atoms with E-state index in [4.69, 9.17) is 0 Å². The summed E-state index contributed by atoms with van der Waals surface area (Å²) in [5, 5.41) is 2.79. The second-order valence-electron chi connectivity index (χ2n) is 4.33. The fraction of sp³-hybridized carbons (Fsp3) is 0.500. The van der Waals surface area contributed by atoms with E-state index in [1.807, 2.05) is 7.05 Å². The Balaban J connectivity index is 1.89. The van der Waals surface area contributed by atoms with Gasteiger partial charge in [0.25, 0.3) is 5.91 Å². The average Bonchev–Trinajstić information content (AvgIpc) is 2.72. The number of rotatable bonds is 3. The number of carbonyl (C=O) groups is 1. The van der Waals surface area contributed by atoms with E-state index in [1.54, 1.807) is 0 Å². The maximum atomic E-state index is 12.8. The predicted molar refractivity (Wildman–Crippen MR) is 62.2 cm³/mol. The first-order valence-corrected chi connectivity index (χ1v) is 5.78. The SMILES string of the molecule is CN1CCCC1CNC(=O)c1cccc(F)n1. The molecule has 1 N–H and O–H groups in total. The molecule has 4 nitrogen and oxygen atoms in total. The normalized spacial score (nSPS) is 20.5. The molecule has 1 fully saturated rings. The lowest BCUT2D eigenvalue weighted by Gasteiger charge is -2.19. The van der Waals surface area contributed by atoms with E-state index >= 15 is 0 Å². The second-order valence-corrected chi connectivity index (χ2v) is 4.33. The first-order chi connectivity index (χ1) is 8.16. The lowest BCUT2D eigenvalue weighted by molar-refractivity contribution is 0.0937. The zero-order chi connectivity index (χ0) is 12.3. The van der Waals surface area contributed by atoms with Gasteiger partial charge in [-0.05, 0) is 38.6 Å². The molecule has 5 heteroatoms. The molecule has 0 saturated carbocycles.